The van der Waals surface area contributed by atoms with Crippen molar-refractivity contribution in [3.8, 4) is 0 Å². The SMILES string of the molecule is CN(CCCCCO)CCC(N)=S. The molecule has 0 heterocycles. The highest BCUT2D eigenvalue weighted by Crippen LogP contribution is 1.97. The Labute approximate surface area is 85.9 Å². The largest absolute Gasteiger partial charge is 0.396 e. The number of hydrogen-bond acceptors (Lipinski definition) is 3. The van der Waals surface area contributed by atoms with Crippen molar-refractivity contribution in [2.24, 2.45) is 5.73 Å². The molecule has 0 aromatic carbocycles. The van der Waals surface area contributed by atoms with Crippen LogP contribution in [0.5, 0.6) is 0 Å². The van der Waals surface area contributed by atoms with Gasteiger partial charge < -0.3 is 15.7 Å². The van der Waals surface area contributed by atoms with Crippen molar-refractivity contribution in [3.05, 3.63) is 0 Å². The molecule has 0 rings (SSSR count). The Hall–Kier alpha value is -0.190. The van der Waals surface area contributed by atoms with Crippen molar-refractivity contribution in [2.75, 3.05) is 26.7 Å². The zero-order valence-corrected chi connectivity index (χ0v) is 9.15. The van der Waals surface area contributed by atoms with Crippen LogP contribution in [0.1, 0.15) is 25.7 Å². The van der Waals surface area contributed by atoms with Crippen LogP contribution >= 0.6 is 12.2 Å². The van der Waals surface area contributed by atoms with E-state index in [0.29, 0.717) is 11.6 Å². The minimum atomic E-state index is 0.302. The monoisotopic (exact) mass is 204 g/mol. The lowest BCUT2D eigenvalue weighted by molar-refractivity contribution is 0.274. The molecular weight excluding hydrogens is 184 g/mol. The summed E-state index contributed by atoms with van der Waals surface area (Å²) in [7, 11) is 2.07. The summed E-state index contributed by atoms with van der Waals surface area (Å²) in [6.07, 6.45) is 3.93. The quantitative estimate of drug-likeness (QED) is 0.453. The van der Waals surface area contributed by atoms with Gasteiger partial charge in [-0.15, -0.1) is 0 Å². The van der Waals surface area contributed by atoms with Gasteiger partial charge in [0.1, 0.15) is 0 Å². The fraction of sp³-hybridized carbons (Fsp3) is 0.889. The summed E-state index contributed by atoms with van der Waals surface area (Å²) in [5, 5.41) is 8.56. The maximum absolute atomic E-state index is 8.56. The number of nitrogens with two attached hydrogens (primary N) is 1. The number of rotatable bonds is 8. The minimum absolute atomic E-state index is 0.302. The van der Waals surface area contributed by atoms with E-state index in [0.717, 1.165) is 38.8 Å². The summed E-state index contributed by atoms with van der Waals surface area (Å²) >= 11 is 4.79. The summed E-state index contributed by atoms with van der Waals surface area (Å²) < 4.78 is 0. The number of unbranched alkanes of at least 4 members (excludes halogenated alkanes) is 2. The topological polar surface area (TPSA) is 49.5 Å². The van der Waals surface area contributed by atoms with Crippen molar-refractivity contribution >= 4 is 17.2 Å². The number of nitrogens with zero attached hydrogens (tertiary/aromatic N) is 1. The van der Waals surface area contributed by atoms with Gasteiger partial charge in [-0.25, -0.2) is 0 Å². The molecule has 3 nitrogen and oxygen atoms in total. The second-order valence-corrected chi connectivity index (χ2v) is 3.83. The van der Waals surface area contributed by atoms with E-state index in [1.165, 1.54) is 0 Å². The van der Waals surface area contributed by atoms with Crippen molar-refractivity contribution in [2.45, 2.75) is 25.7 Å². The molecule has 0 unspecified atom stereocenters. The van der Waals surface area contributed by atoms with Crippen LogP contribution in [0.2, 0.25) is 0 Å². The second-order valence-electron chi connectivity index (χ2n) is 3.30. The summed E-state index contributed by atoms with van der Waals surface area (Å²) in [4.78, 5) is 2.80. The lowest BCUT2D eigenvalue weighted by atomic mass is 10.2. The minimum Gasteiger partial charge on any atom is -0.396 e. The predicted molar refractivity (Wildman–Crippen MR) is 59.8 cm³/mol. The highest BCUT2D eigenvalue weighted by Gasteiger charge is 1.98. The van der Waals surface area contributed by atoms with Crippen molar-refractivity contribution in [1.82, 2.24) is 4.90 Å². The van der Waals surface area contributed by atoms with Gasteiger partial charge in [0.25, 0.3) is 0 Å². The smallest absolute Gasteiger partial charge is 0.0740 e. The zero-order chi connectivity index (χ0) is 10.1. The summed E-state index contributed by atoms with van der Waals surface area (Å²) in [6, 6.07) is 0. The second kappa shape index (κ2) is 8.41. The fourth-order valence-corrected chi connectivity index (χ4v) is 1.17. The molecular formula is C9H20N2OS. The number of aliphatic hydroxyl groups is 1. The summed E-state index contributed by atoms with van der Waals surface area (Å²) in [5.41, 5.74) is 5.39. The van der Waals surface area contributed by atoms with Crippen LogP contribution in [0.3, 0.4) is 0 Å². The molecule has 0 atom stereocenters. The van der Waals surface area contributed by atoms with Crippen LogP contribution in [0.25, 0.3) is 0 Å². The Morgan fingerprint density at radius 3 is 2.54 bits per heavy atom. The van der Waals surface area contributed by atoms with Gasteiger partial charge in [0, 0.05) is 19.6 Å². The van der Waals surface area contributed by atoms with Crippen LogP contribution in [-0.2, 0) is 0 Å². The molecule has 0 spiro atoms. The molecule has 3 N–H and O–H groups in total. The normalized spacial score (nSPS) is 10.7. The highest BCUT2D eigenvalue weighted by atomic mass is 32.1. The average Bonchev–Trinajstić information content (AvgIpc) is 2.09. The van der Waals surface area contributed by atoms with Crippen LogP contribution in [0.4, 0.5) is 0 Å². The number of thiocarbonyl (C=S) groups is 1. The van der Waals surface area contributed by atoms with Crippen LogP contribution < -0.4 is 5.73 Å². The fourth-order valence-electron chi connectivity index (χ4n) is 1.08. The van der Waals surface area contributed by atoms with E-state index >= 15 is 0 Å². The van der Waals surface area contributed by atoms with Crippen LogP contribution in [-0.4, -0.2) is 41.7 Å². The maximum Gasteiger partial charge on any atom is 0.0740 e. The van der Waals surface area contributed by atoms with Crippen LogP contribution in [0.15, 0.2) is 0 Å². The Kier molecular flexibility index (Phi) is 8.29. The third kappa shape index (κ3) is 9.73. The molecule has 0 aromatic rings. The van der Waals surface area contributed by atoms with Gasteiger partial charge in [0.2, 0.25) is 0 Å². The Balaban J connectivity index is 3.19. The molecule has 78 valence electrons. The van der Waals surface area contributed by atoms with Gasteiger partial charge in [0.15, 0.2) is 0 Å². The van der Waals surface area contributed by atoms with E-state index in [-0.39, 0.29) is 0 Å². The molecule has 0 aliphatic heterocycles. The predicted octanol–water partition coefficient (Wildman–Crippen LogP) is 0.757. The van der Waals surface area contributed by atoms with Gasteiger partial charge >= 0.3 is 0 Å². The molecule has 0 saturated heterocycles. The first-order chi connectivity index (χ1) is 6.16. The first-order valence-electron chi connectivity index (χ1n) is 4.74. The lowest BCUT2D eigenvalue weighted by Gasteiger charge is -2.15. The zero-order valence-electron chi connectivity index (χ0n) is 8.33. The van der Waals surface area contributed by atoms with Gasteiger partial charge in [-0.1, -0.05) is 12.2 Å². The van der Waals surface area contributed by atoms with E-state index in [2.05, 4.69) is 11.9 Å². The number of hydrogen-bond donors (Lipinski definition) is 2. The molecule has 0 radical (unpaired) electrons. The van der Waals surface area contributed by atoms with E-state index in [9.17, 15) is 0 Å². The number of aliphatic hydroxyl groups excluding tert-OH is 1. The Bertz CT molecular complexity index is 142. The molecule has 0 amide bonds. The van der Waals surface area contributed by atoms with E-state index < -0.39 is 0 Å². The highest BCUT2D eigenvalue weighted by molar-refractivity contribution is 7.80. The molecule has 0 fully saturated rings. The third-order valence-electron chi connectivity index (χ3n) is 1.94. The third-order valence-corrected chi connectivity index (χ3v) is 2.14. The standard InChI is InChI=1S/C9H20N2OS/c1-11(7-5-9(10)13)6-3-2-4-8-12/h12H,2-8H2,1H3,(H2,10,13). The van der Waals surface area contributed by atoms with Gasteiger partial charge in [-0.2, -0.15) is 0 Å². The molecule has 0 aromatic heterocycles. The molecule has 0 aliphatic carbocycles. The first-order valence-corrected chi connectivity index (χ1v) is 5.15. The average molecular weight is 204 g/mol. The first kappa shape index (κ1) is 12.8. The molecule has 0 saturated carbocycles. The molecule has 0 bridgehead atoms. The molecule has 0 aliphatic rings. The van der Waals surface area contributed by atoms with E-state index in [4.69, 9.17) is 23.1 Å². The van der Waals surface area contributed by atoms with E-state index in [1.807, 2.05) is 0 Å². The van der Waals surface area contributed by atoms with Gasteiger partial charge in [0.05, 0.1) is 4.99 Å². The molecule has 13 heavy (non-hydrogen) atoms. The Morgan fingerprint density at radius 2 is 2.00 bits per heavy atom. The maximum atomic E-state index is 8.56. The Morgan fingerprint density at radius 1 is 1.31 bits per heavy atom. The van der Waals surface area contributed by atoms with Gasteiger partial charge in [-0.3, -0.25) is 0 Å². The summed E-state index contributed by atoms with van der Waals surface area (Å²) in [6.45, 7) is 2.30. The lowest BCUT2D eigenvalue weighted by Crippen LogP contribution is -2.24. The van der Waals surface area contributed by atoms with Crippen LogP contribution in [0, 0.1) is 0 Å². The van der Waals surface area contributed by atoms with Gasteiger partial charge in [-0.05, 0) is 32.9 Å². The van der Waals surface area contributed by atoms with E-state index in [1.54, 1.807) is 0 Å². The molecule has 4 heteroatoms. The van der Waals surface area contributed by atoms with Crippen molar-refractivity contribution in [1.29, 1.82) is 0 Å². The van der Waals surface area contributed by atoms with Crippen molar-refractivity contribution in [3.63, 3.8) is 0 Å². The van der Waals surface area contributed by atoms with Crippen molar-refractivity contribution < 1.29 is 5.11 Å². The summed E-state index contributed by atoms with van der Waals surface area (Å²) in [5.74, 6) is 0.